The van der Waals surface area contributed by atoms with E-state index in [2.05, 4.69) is 4.98 Å². The van der Waals surface area contributed by atoms with Crippen molar-refractivity contribution < 1.29 is 28.9 Å². The van der Waals surface area contributed by atoms with Crippen molar-refractivity contribution in [3.63, 3.8) is 0 Å². The van der Waals surface area contributed by atoms with Gasteiger partial charge >= 0.3 is 24.7 Å². The van der Waals surface area contributed by atoms with Gasteiger partial charge in [-0.25, -0.2) is 4.79 Å². The van der Waals surface area contributed by atoms with Crippen LogP contribution in [-0.4, -0.2) is 42.6 Å². The van der Waals surface area contributed by atoms with Crippen LogP contribution in [0.25, 0.3) is 11.0 Å². The quantitative estimate of drug-likeness (QED) is 0.176. The number of hydrogen-bond donors (Lipinski definition) is 4. The summed E-state index contributed by atoms with van der Waals surface area (Å²) in [4.78, 5) is 70.7. The topological polar surface area (TPSA) is 232 Å². The predicted molar refractivity (Wildman–Crippen MR) is 95.9 cm³/mol. The van der Waals surface area contributed by atoms with E-state index in [0.29, 0.717) is 0 Å². The van der Waals surface area contributed by atoms with Crippen LogP contribution in [0.15, 0.2) is 21.7 Å². The maximum absolute atomic E-state index is 12.1. The third-order valence-electron chi connectivity index (χ3n) is 3.73. The second-order valence-corrected chi connectivity index (χ2v) is 7.63. The number of nitrogens with zero attached hydrogens (tertiary/aromatic N) is 3. The van der Waals surface area contributed by atoms with Gasteiger partial charge in [0.25, 0.3) is 5.69 Å². The molecule has 0 spiro atoms. The van der Waals surface area contributed by atoms with Crippen LogP contribution >= 0.6 is 7.60 Å². The average Bonchev–Trinajstić information content (AvgIpc) is 2.62. The lowest BCUT2D eigenvalue weighted by atomic mass is 10.1. The molecule has 0 fully saturated rings. The Morgan fingerprint density at radius 1 is 1.45 bits per heavy atom. The summed E-state index contributed by atoms with van der Waals surface area (Å²) in [7, 11) is -4.29. The highest BCUT2D eigenvalue weighted by Crippen LogP contribution is 2.35. The first-order valence-corrected chi connectivity index (χ1v) is 9.64. The van der Waals surface area contributed by atoms with Gasteiger partial charge in [0, 0.05) is 12.2 Å². The fraction of sp³-hybridized carbons (Fsp3) is 0.286. The van der Waals surface area contributed by atoms with Crippen molar-refractivity contribution in [2.75, 3.05) is 6.16 Å². The Balaban J connectivity index is 2.44. The zero-order valence-electron chi connectivity index (χ0n) is 14.5. The lowest BCUT2D eigenvalue weighted by Crippen LogP contribution is -2.45. The Kier molecular flexibility index (Phi) is 6.30. The minimum Gasteiger partial charge on any atom is -0.331 e. The fourth-order valence-corrected chi connectivity index (χ4v) is 2.94. The molecule has 0 aliphatic rings. The number of nitro benzene ring substituents is 1. The standard InChI is InChI=1S/C14H14N5O9P/c15-6-7-4-9-11(5-10(7)19(23)24)18(13(21)12(20)17-9)28-14(22)8(16)2-1-3-29(25,26)27/h4-5,8H,1-3,16H2,(H,17,20)(H2,25,26,27). The lowest BCUT2D eigenvalue weighted by Gasteiger charge is -2.13. The Morgan fingerprint density at radius 2 is 2.10 bits per heavy atom. The minimum absolute atomic E-state index is 0.122. The normalized spacial score (nSPS) is 12.3. The maximum atomic E-state index is 12.1. The van der Waals surface area contributed by atoms with Crippen molar-refractivity contribution in [3.8, 4) is 6.07 Å². The summed E-state index contributed by atoms with van der Waals surface area (Å²) in [5.74, 6) is -1.21. The molecule has 0 aliphatic carbocycles. The summed E-state index contributed by atoms with van der Waals surface area (Å²) < 4.78 is 11.0. The number of H-pyrrole nitrogens is 1. The van der Waals surface area contributed by atoms with Gasteiger partial charge in [-0.05, 0) is 18.9 Å². The third-order valence-corrected chi connectivity index (χ3v) is 4.62. The number of carbonyl (C=O) groups is 1. The molecule has 1 aromatic carbocycles. The van der Waals surface area contributed by atoms with Gasteiger partial charge in [-0.1, -0.05) is 0 Å². The van der Waals surface area contributed by atoms with E-state index in [4.69, 9.17) is 25.6 Å². The number of nitriles is 1. The van der Waals surface area contributed by atoms with Gasteiger partial charge in [-0.3, -0.25) is 24.3 Å². The summed E-state index contributed by atoms with van der Waals surface area (Å²) in [5.41, 5.74) is 1.34. The van der Waals surface area contributed by atoms with Crippen LogP contribution in [0.3, 0.4) is 0 Å². The number of hydrogen-bond acceptors (Lipinski definition) is 9. The lowest BCUT2D eigenvalue weighted by molar-refractivity contribution is -0.385. The smallest absolute Gasteiger partial charge is 0.331 e. The molecule has 1 atom stereocenters. The molecule has 1 unspecified atom stereocenters. The van der Waals surface area contributed by atoms with Crippen LogP contribution in [0.4, 0.5) is 5.69 Å². The number of fused-ring (bicyclic) bond motifs is 1. The van der Waals surface area contributed by atoms with Gasteiger partial charge < -0.3 is 25.3 Å². The van der Waals surface area contributed by atoms with Crippen LogP contribution in [0.1, 0.15) is 18.4 Å². The van der Waals surface area contributed by atoms with E-state index >= 15 is 0 Å². The van der Waals surface area contributed by atoms with E-state index in [0.717, 1.165) is 12.1 Å². The van der Waals surface area contributed by atoms with Crippen molar-refractivity contribution in [1.29, 1.82) is 5.26 Å². The van der Waals surface area contributed by atoms with E-state index in [9.17, 15) is 29.1 Å². The second-order valence-electron chi connectivity index (χ2n) is 5.86. The number of carbonyl (C=O) groups excluding carboxylic acids is 1. The van der Waals surface area contributed by atoms with E-state index in [-0.39, 0.29) is 28.6 Å². The third kappa shape index (κ3) is 5.12. The van der Waals surface area contributed by atoms with Gasteiger partial charge in [0.2, 0.25) is 0 Å². The molecule has 5 N–H and O–H groups in total. The molecule has 1 aromatic heterocycles. The SMILES string of the molecule is N#Cc1cc2[nH]c(=O)c(=O)n(OC(=O)C(N)CCCP(=O)(O)O)c2cc1[N+](=O)[O-]. The highest BCUT2D eigenvalue weighted by molar-refractivity contribution is 7.51. The Morgan fingerprint density at radius 3 is 2.66 bits per heavy atom. The molecule has 154 valence electrons. The molecule has 2 rings (SSSR count). The highest BCUT2D eigenvalue weighted by atomic mass is 31.2. The van der Waals surface area contributed by atoms with Gasteiger partial charge in [-0.2, -0.15) is 5.26 Å². The van der Waals surface area contributed by atoms with Crippen molar-refractivity contribution in [2.45, 2.75) is 18.9 Å². The van der Waals surface area contributed by atoms with E-state index in [1.807, 2.05) is 0 Å². The maximum Gasteiger partial charge on any atom is 0.349 e. The first-order chi connectivity index (χ1) is 13.4. The summed E-state index contributed by atoms with van der Waals surface area (Å²) in [6.45, 7) is 0. The van der Waals surface area contributed by atoms with Crippen molar-refractivity contribution in [1.82, 2.24) is 9.71 Å². The van der Waals surface area contributed by atoms with Crippen LogP contribution in [0, 0.1) is 21.4 Å². The monoisotopic (exact) mass is 427 g/mol. The van der Waals surface area contributed by atoms with E-state index in [1.54, 1.807) is 6.07 Å². The zero-order valence-corrected chi connectivity index (χ0v) is 15.4. The molecule has 0 aliphatic heterocycles. The first-order valence-electron chi connectivity index (χ1n) is 7.84. The molecule has 0 saturated heterocycles. The molecular weight excluding hydrogens is 413 g/mol. The fourth-order valence-electron chi connectivity index (χ4n) is 2.35. The number of aromatic amines is 1. The van der Waals surface area contributed by atoms with Crippen LogP contribution in [0.5, 0.6) is 0 Å². The van der Waals surface area contributed by atoms with Gasteiger partial charge in [-0.15, -0.1) is 4.73 Å². The number of nitrogens with two attached hydrogens (primary N) is 1. The number of benzene rings is 1. The number of nitro groups is 1. The number of nitrogens with one attached hydrogen (secondary N) is 1. The Bertz CT molecular complexity index is 1190. The van der Waals surface area contributed by atoms with Crippen molar-refractivity contribution in [3.05, 3.63) is 48.5 Å². The van der Waals surface area contributed by atoms with Gasteiger partial charge in [0.05, 0.1) is 10.4 Å². The predicted octanol–water partition coefficient (Wildman–Crippen LogP) is -1.29. The molecule has 0 radical (unpaired) electrons. The number of aromatic nitrogens is 2. The van der Waals surface area contributed by atoms with Crippen molar-refractivity contribution in [2.24, 2.45) is 5.73 Å². The molecule has 14 nitrogen and oxygen atoms in total. The van der Waals surface area contributed by atoms with Crippen LogP contribution < -0.4 is 21.7 Å². The van der Waals surface area contributed by atoms with E-state index < -0.39 is 53.1 Å². The molecule has 15 heteroatoms. The largest absolute Gasteiger partial charge is 0.349 e. The molecule has 0 saturated carbocycles. The Labute approximate surface area is 160 Å². The zero-order chi connectivity index (χ0) is 21.9. The summed E-state index contributed by atoms with van der Waals surface area (Å²) >= 11 is 0. The second kappa shape index (κ2) is 8.33. The molecule has 2 aromatic rings. The molecule has 0 amide bonds. The average molecular weight is 427 g/mol. The highest BCUT2D eigenvalue weighted by Gasteiger charge is 2.23. The summed E-state index contributed by atoms with van der Waals surface area (Å²) in [6.07, 6.45) is -0.841. The van der Waals surface area contributed by atoms with Gasteiger partial charge in [0.1, 0.15) is 23.2 Å². The first kappa shape index (κ1) is 21.9. The summed E-state index contributed by atoms with van der Waals surface area (Å²) in [6, 6.07) is 1.90. The van der Waals surface area contributed by atoms with Crippen LogP contribution in [0.2, 0.25) is 0 Å². The molecule has 0 bridgehead atoms. The van der Waals surface area contributed by atoms with E-state index in [1.165, 1.54) is 0 Å². The number of rotatable bonds is 7. The van der Waals surface area contributed by atoms with Crippen LogP contribution in [-0.2, 0) is 9.36 Å². The van der Waals surface area contributed by atoms with Crippen molar-refractivity contribution >= 4 is 30.3 Å². The van der Waals surface area contributed by atoms with Gasteiger partial charge in [0.15, 0.2) is 0 Å². The molecule has 1 heterocycles. The molecular formula is C14H14N5O9P. The molecule has 29 heavy (non-hydrogen) atoms. The summed E-state index contributed by atoms with van der Waals surface area (Å²) in [5, 5.41) is 20.1. The minimum atomic E-state index is -4.29. The Hall–Kier alpha value is -3.37.